The van der Waals surface area contributed by atoms with Gasteiger partial charge in [0.2, 0.25) is 5.91 Å². The zero-order valence-electron chi connectivity index (χ0n) is 11.7. The number of para-hydroxylation sites is 1. The molecule has 2 N–H and O–H groups in total. The number of nitrogens with zero attached hydrogens (tertiary/aromatic N) is 1. The van der Waals surface area contributed by atoms with Crippen LogP contribution >= 0.6 is 0 Å². The molecule has 4 heteroatoms. The van der Waals surface area contributed by atoms with Crippen molar-refractivity contribution in [3.05, 3.63) is 36.0 Å². The summed E-state index contributed by atoms with van der Waals surface area (Å²) in [6.07, 6.45) is 4.73. The molecule has 1 aliphatic rings. The third-order valence-electron chi connectivity index (χ3n) is 4.20. The standard InChI is InChI=1S/C16H20N2O2/c1-16(20)9-4-7-15(19)18(16)10-8-12-11-17-14-6-3-2-5-13(12)14/h2-3,5-6,11,17,20H,4,7-10H2,1H3. The van der Waals surface area contributed by atoms with E-state index < -0.39 is 5.72 Å². The lowest BCUT2D eigenvalue weighted by atomic mass is 9.98. The van der Waals surface area contributed by atoms with Crippen LogP contribution in [0.1, 0.15) is 31.7 Å². The van der Waals surface area contributed by atoms with E-state index in [9.17, 15) is 9.90 Å². The number of aromatic nitrogens is 1. The summed E-state index contributed by atoms with van der Waals surface area (Å²) in [5.74, 6) is 0.0566. The van der Waals surface area contributed by atoms with Crippen LogP contribution in [0.2, 0.25) is 0 Å². The van der Waals surface area contributed by atoms with Crippen LogP contribution in [-0.2, 0) is 11.2 Å². The van der Waals surface area contributed by atoms with Crippen molar-refractivity contribution in [3.63, 3.8) is 0 Å². The Morgan fingerprint density at radius 3 is 3.00 bits per heavy atom. The number of aliphatic hydroxyl groups is 1. The topological polar surface area (TPSA) is 56.3 Å². The molecule has 0 bridgehead atoms. The second-order valence-electron chi connectivity index (χ2n) is 5.73. The number of benzene rings is 1. The predicted molar refractivity (Wildman–Crippen MR) is 78.2 cm³/mol. The second kappa shape index (κ2) is 4.94. The van der Waals surface area contributed by atoms with E-state index >= 15 is 0 Å². The van der Waals surface area contributed by atoms with Crippen molar-refractivity contribution in [3.8, 4) is 0 Å². The van der Waals surface area contributed by atoms with Crippen LogP contribution in [0.4, 0.5) is 0 Å². The molecule has 1 saturated heterocycles. The molecule has 1 amide bonds. The number of hydrogen-bond donors (Lipinski definition) is 2. The molecule has 1 aromatic carbocycles. The quantitative estimate of drug-likeness (QED) is 0.901. The Morgan fingerprint density at radius 2 is 2.20 bits per heavy atom. The highest BCUT2D eigenvalue weighted by atomic mass is 16.3. The maximum Gasteiger partial charge on any atom is 0.224 e. The van der Waals surface area contributed by atoms with Crippen LogP contribution in [0.25, 0.3) is 10.9 Å². The van der Waals surface area contributed by atoms with E-state index in [1.54, 1.807) is 11.8 Å². The van der Waals surface area contributed by atoms with Gasteiger partial charge in [-0.15, -0.1) is 0 Å². The normalized spacial score (nSPS) is 23.5. The van der Waals surface area contributed by atoms with Crippen LogP contribution in [0, 0.1) is 0 Å². The maximum absolute atomic E-state index is 12.0. The summed E-state index contributed by atoms with van der Waals surface area (Å²) in [6, 6.07) is 8.14. The van der Waals surface area contributed by atoms with Crippen molar-refractivity contribution < 1.29 is 9.90 Å². The molecule has 0 radical (unpaired) electrons. The molecule has 4 nitrogen and oxygen atoms in total. The number of piperidine rings is 1. The van der Waals surface area contributed by atoms with E-state index in [0.717, 1.165) is 18.4 Å². The molecular weight excluding hydrogens is 252 g/mol. The monoisotopic (exact) mass is 272 g/mol. The first-order chi connectivity index (χ1) is 9.58. The number of nitrogens with one attached hydrogen (secondary N) is 1. The summed E-state index contributed by atoms with van der Waals surface area (Å²) >= 11 is 0. The van der Waals surface area contributed by atoms with Crippen LogP contribution < -0.4 is 0 Å². The highest BCUT2D eigenvalue weighted by Crippen LogP contribution is 2.27. The molecule has 1 aliphatic heterocycles. The molecule has 20 heavy (non-hydrogen) atoms. The molecule has 1 aromatic heterocycles. The molecule has 2 aromatic rings. The van der Waals surface area contributed by atoms with Gasteiger partial charge in [0.15, 0.2) is 0 Å². The van der Waals surface area contributed by atoms with Crippen molar-refractivity contribution in [2.75, 3.05) is 6.54 Å². The van der Waals surface area contributed by atoms with Crippen LogP contribution in [0.3, 0.4) is 0 Å². The number of rotatable bonds is 3. The lowest BCUT2D eigenvalue weighted by Gasteiger charge is -2.40. The third-order valence-corrected chi connectivity index (χ3v) is 4.20. The van der Waals surface area contributed by atoms with Crippen molar-refractivity contribution in [1.82, 2.24) is 9.88 Å². The lowest BCUT2D eigenvalue weighted by Crippen LogP contribution is -2.53. The van der Waals surface area contributed by atoms with Gasteiger partial charge in [-0.2, -0.15) is 0 Å². The van der Waals surface area contributed by atoms with Crippen LogP contribution in [-0.4, -0.2) is 33.2 Å². The van der Waals surface area contributed by atoms with E-state index in [0.29, 0.717) is 19.4 Å². The number of likely N-dealkylation sites (tertiary alicyclic amines) is 1. The highest BCUT2D eigenvalue weighted by Gasteiger charge is 2.36. The average molecular weight is 272 g/mol. The summed E-state index contributed by atoms with van der Waals surface area (Å²) in [4.78, 5) is 16.9. The SMILES string of the molecule is CC1(O)CCCC(=O)N1CCc1c[nH]c2ccccc12. The van der Waals surface area contributed by atoms with Gasteiger partial charge in [0.05, 0.1) is 0 Å². The Hall–Kier alpha value is -1.81. The van der Waals surface area contributed by atoms with Crippen molar-refractivity contribution in [2.45, 2.75) is 38.3 Å². The molecule has 2 heterocycles. The molecule has 106 valence electrons. The highest BCUT2D eigenvalue weighted by molar-refractivity contribution is 5.83. The van der Waals surface area contributed by atoms with E-state index in [1.165, 1.54) is 10.9 Å². The zero-order chi connectivity index (χ0) is 14.2. The van der Waals surface area contributed by atoms with E-state index in [1.807, 2.05) is 24.4 Å². The number of hydrogen-bond acceptors (Lipinski definition) is 2. The smallest absolute Gasteiger partial charge is 0.224 e. The van der Waals surface area contributed by atoms with Gasteiger partial charge >= 0.3 is 0 Å². The first-order valence-corrected chi connectivity index (χ1v) is 7.16. The molecule has 0 saturated carbocycles. The third kappa shape index (κ3) is 2.31. The van der Waals surface area contributed by atoms with E-state index in [-0.39, 0.29) is 5.91 Å². The average Bonchev–Trinajstić information content (AvgIpc) is 2.81. The van der Waals surface area contributed by atoms with Gasteiger partial charge in [0.1, 0.15) is 5.72 Å². The van der Waals surface area contributed by atoms with Crippen LogP contribution in [0.5, 0.6) is 0 Å². The molecule has 0 aliphatic carbocycles. The molecule has 1 fully saturated rings. The van der Waals surface area contributed by atoms with Crippen molar-refractivity contribution in [1.29, 1.82) is 0 Å². The van der Waals surface area contributed by atoms with Crippen molar-refractivity contribution in [2.24, 2.45) is 0 Å². The Morgan fingerprint density at radius 1 is 1.40 bits per heavy atom. The Balaban J connectivity index is 1.77. The van der Waals surface area contributed by atoms with Gasteiger partial charge in [-0.3, -0.25) is 4.79 Å². The van der Waals surface area contributed by atoms with Gasteiger partial charge in [-0.25, -0.2) is 0 Å². The first kappa shape index (κ1) is 13.2. The van der Waals surface area contributed by atoms with E-state index in [2.05, 4.69) is 11.1 Å². The number of fused-ring (bicyclic) bond motifs is 1. The number of aromatic amines is 1. The van der Waals surface area contributed by atoms with Crippen molar-refractivity contribution >= 4 is 16.8 Å². The summed E-state index contributed by atoms with van der Waals surface area (Å²) in [5.41, 5.74) is 1.30. The number of carbonyl (C=O) groups excluding carboxylic acids is 1. The van der Waals surface area contributed by atoms with Gasteiger partial charge in [-0.05, 0) is 37.8 Å². The fourth-order valence-electron chi connectivity index (χ4n) is 3.05. The summed E-state index contributed by atoms with van der Waals surface area (Å²) < 4.78 is 0. The Labute approximate surface area is 118 Å². The number of carbonyl (C=O) groups is 1. The minimum Gasteiger partial charge on any atom is -0.371 e. The Bertz CT molecular complexity index is 630. The first-order valence-electron chi connectivity index (χ1n) is 7.16. The summed E-state index contributed by atoms with van der Waals surface area (Å²) in [5, 5.41) is 11.5. The largest absolute Gasteiger partial charge is 0.371 e. The zero-order valence-corrected chi connectivity index (χ0v) is 11.7. The fraction of sp³-hybridized carbons (Fsp3) is 0.438. The lowest BCUT2D eigenvalue weighted by molar-refractivity contribution is -0.165. The van der Waals surface area contributed by atoms with Gasteiger partial charge in [0.25, 0.3) is 0 Å². The molecule has 0 spiro atoms. The molecule has 3 rings (SSSR count). The predicted octanol–water partition coefficient (Wildman–Crippen LogP) is 2.43. The fourth-order valence-corrected chi connectivity index (χ4v) is 3.05. The molecule has 1 atom stereocenters. The number of H-pyrrole nitrogens is 1. The van der Waals surface area contributed by atoms with Gasteiger partial charge < -0.3 is 15.0 Å². The van der Waals surface area contributed by atoms with Crippen LogP contribution in [0.15, 0.2) is 30.5 Å². The summed E-state index contributed by atoms with van der Waals surface area (Å²) in [7, 11) is 0. The van der Waals surface area contributed by atoms with Gasteiger partial charge in [0, 0.05) is 30.1 Å². The molecule has 1 unspecified atom stereocenters. The summed E-state index contributed by atoms with van der Waals surface area (Å²) in [6.45, 7) is 2.30. The maximum atomic E-state index is 12.0. The van der Waals surface area contributed by atoms with Gasteiger partial charge in [-0.1, -0.05) is 18.2 Å². The van der Waals surface area contributed by atoms with E-state index in [4.69, 9.17) is 0 Å². The second-order valence-corrected chi connectivity index (χ2v) is 5.73. The molecular formula is C16H20N2O2. The minimum atomic E-state index is -0.999. The minimum absolute atomic E-state index is 0.0566. The number of amides is 1. The Kier molecular flexibility index (Phi) is 3.26.